The van der Waals surface area contributed by atoms with Gasteiger partial charge in [-0.25, -0.2) is 4.79 Å². The molecule has 4 aliphatic carbocycles. The normalized spacial score (nSPS) is 31.6. The van der Waals surface area contributed by atoms with Gasteiger partial charge in [0.1, 0.15) is 22.8 Å². The molecule has 316 valence electrons. The van der Waals surface area contributed by atoms with Crippen LogP contribution in [0.1, 0.15) is 212 Å². The highest BCUT2D eigenvalue weighted by Crippen LogP contribution is 2.69. The van der Waals surface area contributed by atoms with Crippen LogP contribution in [-0.4, -0.2) is 28.3 Å². The van der Waals surface area contributed by atoms with Crippen molar-refractivity contribution in [2.24, 2.45) is 51.8 Å². The number of hydrogen-bond donors (Lipinski definition) is 2. The molecule has 56 heavy (non-hydrogen) atoms. The van der Waals surface area contributed by atoms with E-state index in [0.29, 0.717) is 30.1 Å². The van der Waals surface area contributed by atoms with E-state index in [-0.39, 0.29) is 22.6 Å². The van der Waals surface area contributed by atoms with Gasteiger partial charge in [-0.05, 0) is 123 Å². The molecular weight excluding hydrogens is 693 g/mol. The molecule has 5 heteroatoms. The Hall–Kier alpha value is -2.30. The number of ether oxygens (including phenoxy) is 1. The lowest BCUT2D eigenvalue weighted by Gasteiger charge is -2.61. The lowest BCUT2D eigenvalue weighted by Crippen LogP contribution is -2.60. The third kappa shape index (κ3) is 9.76. The number of aliphatic carboxylic acids is 1. The predicted octanol–water partition coefficient (Wildman–Crippen LogP) is 14.3. The van der Waals surface area contributed by atoms with Gasteiger partial charge >= 0.3 is 11.9 Å². The molecule has 0 amide bonds. The number of carbonyl (C=O) groups excluding carboxylic acids is 1. The number of carboxylic acid groups (broad SMARTS) is 1. The molecule has 3 fully saturated rings. The SMILES string of the molecule is CCCCCCCCCCCCCCCc1cccc(O)c1C(=O)O[C@H]1CC[C@@]2(C)[C@@H](CC=C3[C@@H]2CC[C@]2(C)[C@@H]([C@H](C)CCCC(C)C)CC[C@@H]32)[C@@]1(C)C(=O)O. The summed E-state index contributed by atoms with van der Waals surface area (Å²) in [6, 6.07) is 5.29. The Bertz CT molecular complexity index is 1460. The molecule has 2 N–H and O–H groups in total. The Balaban J connectivity index is 1.19. The quantitative estimate of drug-likeness (QED) is 0.0696. The zero-order chi connectivity index (χ0) is 40.5. The number of phenols is 1. The second-order valence-electron chi connectivity index (χ2n) is 20.5. The van der Waals surface area contributed by atoms with Crippen molar-refractivity contribution in [3.63, 3.8) is 0 Å². The van der Waals surface area contributed by atoms with Gasteiger partial charge in [-0.1, -0.05) is 162 Å². The maximum atomic E-state index is 14.0. The van der Waals surface area contributed by atoms with Gasteiger partial charge in [0, 0.05) is 0 Å². The van der Waals surface area contributed by atoms with Crippen LogP contribution in [0.5, 0.6) is 5.75 Å². The molecule has 0 spiro atoms. The molecule has 0 aromatic heterocycles. The Morgan fingerprint density at radius 1 is 0.768 bits per heavy atom. The maximum Gasteiger partial charge on any atom is 0.342 e. The fourth-order valence-corrected chi connectivity index (χ4v) is 13.0. The summed E-state index contributed by atoms with van der Waals surface area (Å²) in [7, 11) is 0. The summed E-state index contributed by atoms with van der Waals surface area (Å²) in [6.07, 6.45) is 30.0. The summed E-state index contributed by atoms with van der Waals surface area (Å²) in [4.78, 5) is 27.5. The largest absolute Gasteiger partial charge is 0.507 e. The van der Waals surface area contributed by atoms with Crippen molar-refractivity contribution in [1.29, 1.82) is 0 Å². The number of unbranched alkanes of at least 4 members (excludes halogenated alkanes) is 12. The molecule has 1 aromatic rings. The second-order valence-corrected chi connectivity index (χ2v) is 20.5. The van der Waals surface area contributed by atoms with Crippen LogP contribution in [0, 0.1) is 51.8 Å². The van der Waals surface area contributed by atoms with Crippen LogP contribution >= 0.6 is 0 Å². The first kappa shape index (κ1) is 44.8. The third-order valence-corrected chi connectivity index (χ3v) is 16.4. The minimum Gasteiger partial charge on any atom is -0.507 e. The minimum atomic E-state index is -1.21. The first-order chi connectivity index (χ1) is 26.8. The van der Waals surface area contributed by atoms with Gasteiger partial charge in [-0.15, -0.1) is 0 Å². The van der Waals surface area contributed by atoms with Crippen LogP contribution in [-0.2, 0) is 16.0 Å². The Labute approximate surface area is 342 Å². The van der Waals surface area contributed by atoms with Gasteiger partial charge in [0.2, 0.25) is 0 Å². The molecule has 5 rings (SSSR count). The van der Waals surface area contributed by atoms with Crippen molar-refractivity contribution in [2.45, 2.75) is 209 Å². The van der Waals surface area contributed by atoms with Gasteiger partial charge in [0.05, 0.1) is 0 Å². The molecule has 9 atom stereocenters. The van der Waals surface area contributed by atoms with Crippen molar-refractivity contribution >= 4 is 11.9 Å². The number of aryl methyl sites for hydroxylation is 1. The molecule has 0 heterocycles. The van der Waals surface area contributed by atoms with Crippen LogP contribution in [0.25, 0.3) is 0 Å². The Morgan fingerprint density at radius 2 is 1.38 bits per heavy atom. The number of rotatable bonds is 22. The van der Waals surface area contributed by atoms with Gasteiger partial charge < -0.3 is 14.9 Å². The third-order valence-electron chi connectivity index (χ3n) is 16.4. The average Bonchev–Trinajstić information content (AvgIpc) is 3.52. The number of fused-ring (bicyclic) bond motifs is 5. The van der Waals surface area contributed by atoms with Crippen molar-refractivity contribution in [1.82, 2.24) is 0 Å². The van der Waals surface area contributed by atoms with Crippen molar-refractivity contribution < 1.29 is 24.5 Å². The molecule has 0 aliphatic heterocycles. The summed E-state index contributed by atoms with van der Waals surface area (Å²) in [5.74, 6) is 1.61. The predicted molar refractivity (Wildman–Crippen MR) is 231 cm³/mol. The zero-order valence-corrected chi connectivity index (χ0v) is 36.9. The van der Waals surface area contributed by atoms with E-state index < -0.39 is 23.5 Å². The fraction of sp³-hybridized carbons (Fsp3) is 0.804. The number of allylic oxidation sites excluding steroid dienone is 2. The lowest BCUT2D eigenvalue weighted by atomic mass is 9.43. The molecule has 1 aromatic carbocycles. The zero-order valence-electron chi connectivity index (χ0n) is 36.9. The van der Waals surface area contributed by atoms with Gasteiger partial charge in [-0.2, -0.15) is 0 Å². The standard InChI is InChI=1S/C51H82O5/c1-8-9-10-11-12-13-14-15-16-17-18-19-20-25-38-26-22-27-43(52)46(38)47(53)56-45-33-35-50(6)42-32-34-49(5)40(37(4)24-21-23-36(2)3)29-30-41(49)39(42)28-31-44(50)51(45,7)48(54)55/h22,26-28,36-37,40-42,44-45,52H,8-21,23-25,29-35H2,1-7H3,(H,54,55)/t37-,40-,41+,42+,44-,45+,49-,50-,51-/m1/s1. The summed E-state index contributed by atoms with van der Waals surface area (Å²) in [5, 5.41) is 22.0. The van der Waals surface area contributed by atoms with E-state index in [9.17, 15) is 19.8 Å². The van der Waals surface area contributed by atoms with Crippen molar-refractivity contribution in [3.05, 3.63) is 41.0 Å². The number of carbonyl (C=O) groups is 2. The topological polar surface area (TPSA) is 83.8 Å². The number of esters is 1. The summed E-state index contributed by atoms with van der Waals surface area (Å²) < 4.78 is 6.30. The van der Waals surface area contributed by atoms with Gasteiger partial charge in [-0.3, -0.25) is 4.79 Å². The number of aromatic hydroxyl groups is 1. The average molecular weight is 775 g/mol. The molecule has 0 unspecified atom stereocenters. The van der Waals surface area contributed by atoms with Crippen molar-refractivity contribution in [2.75, 3.05) is 0 Å². The van der Waals surface area contributed by atoms with Gasteiger partial charge in [0.25, 0.3) is 0 Å². The van der Waals surface area contributed by atoms with Crippen LogP contribution in [0.2, 0.25) is 0 Å². The molecule has 0 bridgehead atoms. The monoisotopic (exact) mass is 775 g/mol. The minimum absolute atomic E-state index is 0.0699. The highest BCUT2D eigenvalue weighted by molar-refractivity contribution is 5.94. The summed E-state index contributed by atoms with van der Waals surface area (Å²) in [5.41, 5.74) is 1.61. The number of benzene rings is 1. The van der Waals surface area contributed by atoms with E-state index >= 15 is 0 Å². The van der Waals surface area contributed by atoms with E-state index in [2.05, 4.69) is 47.6 Å². The number of hydrogen-bond acceptors (Lipinski definition) is 4. The number of phenolic OH excluding ortho intramolecular Hbond substituents is 1. The number of carboxylic acids is 1. The van der Waals surface area contributed by atoms with Crippen LogP contribution in [0.4, 0.5) is 0 Å². The first-order valence-electron chi connectivity index (χ1n) is 23.7. The molecule has 5 nitrogen and oxygen atoms in total. The molecular formula is C51H82O5. The fourth-order valence-electron chi connectivity index (χ4n) is 13.0. The van der Waals surface area contributed by atoms with Crippen molar-refractivity contribution in [3.8, 4) is 5.75 Å². The molecule has 0 radical (unpaired) electrons. The lowest BCUT2D eigenvalue weighted by molar-refractivity contribution is -0.182. The molecule has 4 aliphatic rings. The highest BCUT2D eigenvalue weighted by atomic mass is 16.5. The molecule has 0 saturated heterocycles. The first-order valence-corrected chi connectivity index (χ1v) is 23.7. The second kappa shape index (κ2) is 20.1. The van der Waals surface area contributed by atoms with E-state index in [1.165, 1.54) is 109 Å². The van der Waals surface area contributed by atoms with Crippen LogP contribution < -0.4 is 0 Å². The van der Waals surface area contributed by atoms with E-state index in [1.807, 2.05) is 13.0 Å². The van der Waals surface area contributed by atoms with E-state index in [4.69, 9.17) is 4.74 Å². The maximum absolute atomic E-state index is 14.0. The Morgan fingerprint density at radius 3 is 2.00 bits per heavy atom. The van der Waals surface area contributed by atoms with E-state index in [1.54, 1.807) is 17.7 Å². The Kier molecular flexibility index (Phi) is 16.1. The summed E-state index contributed by atoms with van der Waals surface area (Å²) in [6.45, 7) is 16.3. The van der Waals surface area contributed by atoms with Crippen LogP contribution in [0.3, 0.4) is 0 Å². The highest BCUT2D eigenvalue weighted by Gasteiger charge is 2.65. The molecule has 3 saturated carbocycles. The van der Waals surface area contributed by atoms with Gasteiger partial charge in [0.15, 0.2) is 0 Å². The van der Waals surface area contributed by atoms with E-state index in [0.717, 1.165) is 55.4 Å². The smallest absolute Gasteiger partial charge is 0.342 e. The summed E-state index contributed by atoms with van der Waals surface area (Å²) >= 11 is 0. The van der Waals surface area contributed by atoms with Crippen LogP contribution in [0.15, 0.2) is 29.8 Å².